The van der Waals surface area contributed by atoms with Gasteiger partial charge in [0.15, 0.2) is 0 Å². The first-order valence-corrected chi connectivity index (χ1v) is 7.37. The van der Waals surface area contributed by atoms with E-state index >= 15 is 0 Å². The molecule has 1 N–H and O–H groups in total. The predicted octanol–water partition coefficient (Wildman–Crippen LogP) is 3.36. The van der Waals surface area contributed by atoms with Crippen LogP contribution in [0.25, 0.3) is 11.5 Å². The Hall–Kier alpha value is -2.73. The molecule has 7 heteroatoms. The first kappa shape index (κ1) is 15.2. The van der Waals surface area contributed by atoms with Crippen LogP contribution in [0.5, 0.6) is 0 Å². The molecule has 23 heavy (non-hydrogen) atoms. The van der Waals surface area contributed by atoms with Gasteiger partial charge in [0.1, 0.15) is 0 Å². The number of halogens is 1. The van der Waals surface area contributed by atoms with E-state index in [9.17, 15) is 4.79 Å². The number of amides is 1. The van der Waals surface area contributed by atoms with Gasteiger partial charge in [-0.2, -0.15) is 0 Å². The van der Waals surface area contributed by atoms with Crippen molar-refractivity contribution in [3.63, 3.8) is 0 Å². The molecule has 0 spiro atoms. The van der Waals surface area contributed by atoms with Crippen LogP contribution < -0.4 is 5.32 Å². The van der Waals surface area contributed by atoms with E-state index in [1.54, 1.807) is 36.7 Å². The molecule has 0 unspecified atom stereocenters. The van der Waals surface area contributed by atoms with Gasteiger partial charge in [-0.25, -0.2) is 0 Å². The largest absolute Gasteiger partial charge is 0.403 e. The van der Waals surface area contributed by atoms with Gasteiger partial charge in [0, 0.05) is 29.4 Å². The third-order valence-electron chi connectivity index (χ3n) is 3.15. The minimum absolute atomic E-state index is 0.0814. The second-order valence-corrected chi connectivity index (χ2v) is 5.26. The van der Waals surface area contributed by atoms with Gasteiger partial charge in [0.05, 0.1) is 0 Å². The number of benzene rings is 1. The average molecular weight is 329 g/mol. The van der Waals surface area contributed by atoms with E-state index in [1.807, 2.05) is 12.1 Å². The molecular weight excluding hydrogens is 316 g/mol. The number of nitrogens with zero attached hydrogens (tertiary/aromatic N) is 3. The average Bonchev–Trinajstić information content (AvgIpc) is 3.04. The highest BCUT2D eigenvalue weighted by atomic mass is 35.5. The number of hydrogen-bond acceptors (Lipinski definition) is 5. The lowest BCUT2D eigenvalue weighted by molar-refractivity contribution is -0.116. The van der Waals surface area contributed by atoms with E-state index < -0.39 is 0 Å². The number of pyridine rings is 1. The summed E-state index contributed by atoms with van der Waals surface area (Å²) in [4.78, 5) is 15.8. The molecule has 3 rings (SSSR count). The fraction of sp³-hybridized carbons (Fsp3) is 0.125. The zero-order chi connectivity index (χ0) is 16.1. The molecule has 116 valence electrons. The van der Waals surface area contributed by atoms with E-state index in [4.69, 9.17) is 16.0 Å². The van der Waals surface area contributed by atoms with E-state index in [0.29, 0.717) is 23.8 Å². The summed E-state index contributed by atoms with van der Waals surface area (Å²) in [6, 6.07) is 11.0. The molecule has 2 heterocycles. The Morgan fingerprint density at radius 1 is 1.09 bits per heavy atom. The van der Waals surface area contributed by atoms with Gasteiger partial charge in [-0.15, -0.1) is 5.10 Å². The molecule has 0 bridgehead atoms. The van der Waals surface area contributed by atoms with E-state index in [-0.39, 0.29) is 11.9 Å². The molecule has 1 amide bonds. The molecule has 3 aromatic rings. The Kier molecular flexibility index (Phi) is 4.63. The highest BCUT2D eigenvalue weighted by Gasteiger charge is 2.11. The van der Waals surface area contributed by atoms with Gasteiger partial charge in [0.25, 0.3) is 0 Å². The summed E-state index contributed by atoms with van der Waals surface area (Å²) in [6.45, 7) is 0. The third kappa shape index (κ3) is 4.14. The standard InChI is InChI=1S/C16H13ClN4O2/c17-13-4-1-11(2-5-13)3-6-14(22)19-16-21-20-15(23-16)12-7-9-18-10-8-12/h1-2,4-5,7-10H,3,6H2,(H,19,21,22). The van der Waals surface area contributed by atoms with Crippen LogP contribution in [0.4, 0.5) is 6.01 Å². The Labute approximate surface area is 137 Å². The van der Waals surface area contributed by atoms with Gasteiger partial charge in [0.2, 0.25) is 11.8 Å². The van der Waals surface area contributed by atoms with Gasteiger partial charge < -0.3 is 4.42 Å². The monoisotopic (exact) mass is 328 g/mol. The lowest BCUT2D eigenvalue weighted by Gasteiger charge is -2.01. The van der Waals surface area contributed by atoms with E-state index in [0.717, 1.165) is 11.1 Å². The molecule has 0 saturated carbocycles. The van der Waals surface area contributed by atoms with Crippen molar-refractivity contribution in [3.8, 4) is 11.5 Å². The highest BCUT2D eigenvalue weighted by molar-refractivity contribution is 6.30. The normalized spacial score (nSPS) is 10.5. The summed E-state index contributed by atoms with van der Waals surface area (Å²) in [5.74, 6) is 0.144. The number of carbonyl (C=O) groups is 1. The molecule has 6 nitrogen and oxygen atoms in total. The zero-order valence-corrected chi connectivity index (χ0v) is 12.8. The first-order valence-electron chi connectivity index (χ1n) is 6.99. The number of carbonyl (C=O) groups excluding carboxylic acids is 1. The van der Waals surface area contributed by atoms with Crippen LogP contribution >= 0.6 is 11.6 Å². The number of aromatic nitrogens is 3. The van der Waals surface area contributed by atoms with Crippen molar-refractivity contribution < 1.29 is 9.21 Å². The van der Waals surface area contributed by atoms with Crippen LogP contribution in [0, 0.1) is 0 Å². The van der Waals surface area contributed by atoms with Crippen molar-refractivity contribution in [2.24, 2.45) is 0 Å². The van der Waals surface area contributed by atoms with Crippen LogP contribution in [-0.2, 0) is 11.2 Å². The van der Waals surface area contributed by atoms with Gasteiger partial charge in [-0.05, 0) is 36.2 Å². The number of aryl methyl sites for hydroxylation is 1. The summed E-state index contributed by atoms with van der Waals surface area (Å²) in [5, 5.41) is 11.0. The fourth-order valence-corrected chi connectivity index (χ4v) is 2.10. The Balaban J connectivity index is 1.56. The smallest absolute Gasteiger partial charge is 0.322 e. The fourth-order valence-electron chi connectivity index (χ4n) is 1.98. The van der Waals surface area contributed by atoms with Gasteiger partial charge in [-0.3, -0.25) is 15.1 Å². The first-order chi connectivity index (χ1) is 11.2. The van der Waals surface area contributed by atoms with Crippen molar-refractivity contribution in [1.82, 2.24) is 15.2 Å². The van der Waals surface area contributed by atoms with Crippen molar-refractivity contribution in [2.45, 2.75) is 12.8 Å². The van der Waals surface area contributed by atoms with E-state index in [1.165, 1.54) is 0 Å². The molecule has 0 aliphatic carbocycles. The third-order valence-corrected chi connectivity index (χ3v) is 3.40. The lowest BCUT2D eigenvalue weighted by Crippen LogP contribution is -2.12. The van der Waals surface area contributed by atoms with Crippen LogP contribution in [0.15, 0.2) is 53.2 Å². The molecule has 2 aromatic heterocycles. The minimum Gasteiger partial charge on any atom is -0.403 e. The summed E-state index contributed by atoms with van der Waals surface area (Å²) in [6.07, 6.45) is 4.18. The number of hydrogen-bond donors (Lipinski definition) is 1. The van der Waals surface area contributed by atoms with Crippen molar-refractivity contribution in [3.05, 3.63) is 59.4 Å². The zero-order valence-electron chi connectivity index (χ0n) is 12.1. The number of nitrogens with one attached hydrogen (secondary N) is 1. The molecule has 0 aliphatic heterocycles. The van der Waals surface area contributed by atoms with Gasteiger partial charge >= 0.3 is 6.01 Å². The molecule has 0 aliphatic rings. The summed E-state index contributed by atoms with van der Waals surface area (Å²) in [5.41, 5.74) is 1.78. The number of anilines is 1. The molecule has 0 atom stereocenters. The highest BCUT2D eigenvalue weighted by Crippen LogP contribution is 2.18. The lowest BCUT2D eigenvalue weighted by atomic mass is 10.1. The van der Waals surface area contributed by atoms with Crippen molar-refractivity contribution in [2.75, 3.05) is 5.32 Å². The van der Waals surface area contributed by atoms with Crippen LogP contribution in [0.3, 0.4) is 0 Å². The summed E-state index contributed by atoms with van der Waals surface area (Å²) < 4.78 is 5.41. The maximum Gasteiger partial charge on any atom is 0.322 e. The van der Waals surface area contributed by atoms with Crippen LogP contribution in [0.1, 0.15) is 12.0 Å². The maximum absolute atomic E-state index is 11.9. The second kappa shape index (κ2) is 7.02. The van der Waals surface area contributed by atoms with Crippen LogP contribution in [-0.4, -0.2) is 21.1 Å². The quantitative estimate of drug-likeness (QED) is 0.776. The van der Waals surface area contributed by atoms with Crippen molar-refractivity contribution in [1.29, 1.82) is 0 Å². The molecule has 1 aromatic carbocycles. The molecule has 0 fully saturated rings. The van der Waals surface area contributed by atoms with Crippen molar-refractivity contribution >= 4 is 23.5 Å². The molecule has 0 saturated heterocycles. The Morgan fingerprint density at radius 3 is 2.57 bits per heavy atom. The SMILES string of the molecule is O=C(CCc1ccc(Cl)cc1)Nc1nnc(-c2ccncc2)o1. The molecule has 0 radical (unpaired) electrons. The number of rotatable bonds is 5. The Bertz CT molecular complexity index is 787. The minimum atomic E-state index is -0.190. The predicted molar refractivity (Wildman–Crippen MR) is 85.9 cm³/mol. The van der Waals surface area contributed by atoms with Crippen LogP contribution in [0.2, 0.25) is 5.02 Å². The topological polar surface area (TPSA) is 80.9 Å². The summed E-state index contributed by atoms with van der Waals surface area (Å²) in [7, 11) is 0. The molecular formula is C16H13ClN4O2. The summed E-state index contributed by atoms with van der Waals surface area (Å²) >= 11 is 5.82. The second-order valence-electron chi connectivity index (χ2n) is 4.82. The Morgan fingerprint density at radius 2 is 1.83 bits per heavy atom. The van der Waals surface area contributed by atoms with E-state index in [2.05, 4.69) is 20.5 Å². The van der Waals surface area contributed by atoms with Gasteiger partial charge in [-0.1, -0.05) is 28.8 Å². The maximum atomic E-state index is 11.9.